The molecule has 4 nitrogen and oxygen atoms in total. The van der Waals surface area contributed by atoms with Crippen molar-refractivity contribution < 1.29 is 19.7 Å². The van der Waals surface area contributed by atoms with Crippen molar-refractivity contribution in [2.75, 3.05) is 14.2 Å². The van der Waals surface area contributed by atoms with Crippen LogP contribution in [0.2, 0.25) is 0 Å². The van der Waals surface area contributed by atoms with Gasteiger partial charge in [0.1, 0.15) is 5.75 Å². The van der Waals surface area contributed by atoms with E-state index < -0.39 is 0 Å². The van der Waals surface area contributed by atoms with Gasteiger partial charge in [0, 0.05) is 11.1 Å². The summed E-state index contributed by atoms with van der Waals surface area (Å²) in [6.45, 7) is 0. The minimum atomic E-state index is 0.115. The number of rotatable bonds is 2. The second kappa shape index (κ2) is 7.51. The summed E-state index contributed by atoms with van der Waals surface area (Å²) in [6, 6.07) is 7.50. The minimum absolute atomic E-state index is 0.115. The van der Waals surface area contributed by atoms with Crippen molar-refractivity contribution in [3.8, 4) is 34.1 Å². The normalized spacial score (nSPS) is 14.2. The highest BCUT2D eigenvalue weighted by molar-refractivity contribution is 5.81. The zero-order valence-corrected chi connectivity index (χ0v) is 14.7. The van der Waals surface area contributed by atoms with Crippen molar-refractivity contribution in [1.29, 1.82) is 0 Å². The van der Waals surface area contributed by atoms with Crippen molar-refractivity contribution in [1.82, 2.24) is 0 Å². The summed E-state index contributed by atoms with van der Waals surface area (Å²) in [5.41, 5.74) is 3.33. The number of hydrogen-bond acceptors (Lipinski definition) is 4. The van der Waals surface area contributed by atoms with E-state index in [9.17, 15) is 10.2 Å². The minimum Gasteiger partial charge on any atom is -0.507 e. The summed E-state index contributed by atoms with van der Waals surface area (Å²) in [5.74, 6) is 1.04. The Morgan fingerprint density at radius 1 is 0.880 bits per heavy atom. The van der Waals surface area contributed by atoms with Gasteiger partial charge in [0.2, 0.25) is 5.75 Å². The summed E-state index contributed by atoms with van der Waals surface area (Å²) in [7, 11) is 3.05. The van der Waals surface area contributed by atoms with Crippen LogP contribution in [0.5, 0.6) is 23.0 Å². The molecule has 2 aromatic rings. The first-order chi connectivity index (χ1) is 12.2. The molecule has 0 amide bonds. The quantitative estimate of drug-likeness (QED) is 0.784. The molecular formula is C21H24O4. The SMILES string of the molecule is COc1c2cc(c(O)c1OC)CCCCC=CCc1ccc(O)c-2c1. The Morgan fingerprint density at radius 3 is 2.44 bits per heavy atom. The average Bonchev–Trinajstić information content (AvgIpc) is 2.63. The van der Waals surface area contributed by atoms with Crippen LogP contribution in [0.4, 0.5) is 0 Å². The Morgan fingerprint density at radius 2 is 1.68 bits per heavy atom. The largest absolute Gasteiger partial charge is 0.507 e. The van der Waals surface area contributed by atoms with Gasteiger partial charge in [-0.25, -0.2) is 0 Å². The molecule has 0 aliphatic heterocycles. The van der Waals surface area contributed by atoms with Gasteiger partial charge in [-0.1, -0.05) is 18.2 Å². The number of benzene rings is 2. The molecule has 0 unspecified atom stereocenters. The molecule has 0 heterocycles. The highest BCUT2D eigenvalue weighted by atomic mass is 16.5. The standard InChI is InChI=1S/C21H24O4/c1-24-20-17-13-15(19(23)21(20)25-2)9-7-5-3-4-6-8-14-10-11-18(22)16(17)12-14/h4,6,10-13,22-23H,3,5,7-9H2,1-2H3. The van der Waals surface area contributed by atoms with Crippen LogP contribution < -0.4 is 9.47 Å². The lowest BCUT2D eigenvalue weighted by Gasteiger charge is -2.18. The van der Waals surface area contributed by atoms with Crippen molar-refractivity contribution in [3.63, 3.8) is 0 Å². The van der Waals surface area contributed by atoms with Crippen LogP contribution >= 0.6 is 0 Å². The Bertz CT molecular complexity index is 793. The van der Waals surface area contributed by atoms with Crippen molar-refractivity contribution >= 4 is 0 Å². The number of phenolic OH excluding ortho intramolecular Hbond substituents is 2. The number of phenols is 2. The maximum atomic E-state index is 10.6. The lowest BCUT2D eigenvalue weighted by molar-refractivity contribution is 0.332. The molecule has 0 saturated heterocycles. The molecule has 0 atom stereocenters. The maximum absolute atomic E-state index is 10.6. The van der Waals surface area contributed by atoms with Crippen molar-refractivity contribution in [2.24, 2.45) is 0 Å². The summed E-state index contributed by atoms with van der Waals surface area (Å²) in [5, 5.41) is 21.0. The predicted octanol–water partition coefficient (Wildman–Crippen LogP) is 4.61. The van der Waals surface area contributed by atoms with Crippen molar-refractivity contribution in [2.45, 2.75) is 32.1 Å². The molecule has 0 radical (unpaired) electrons. The second-order valence-electron chi connectivity index (χ2n) is 6.27. The van der Waals surface area contributed by atoms with E-state index in [1.165, 1.54) is 14.2 Å². The summed E-state index contributed by atoms with van der Waals surface area (Å²) >= 11 is 0. The highest BCUT2D eigenvalue weighted by Gasteiger charge is 2.22. The van der Waals surface area contributed by atoms with E-state index >= 15 is 0 Å². The van der Waals surface area contributed by atoms with Gasteiger partial charge in [-0.2, -0.15) is 0 Å². The van der Waals surface area contributed by atoms with Crippen LogP contribution in [0.25, 0.3) is 11.1 Å². The maximum Gasteiger partial charge on any atom is 0.203 e. The monoisotopic (exact) mass is 340 g/mol. The van der Waals surface area contributed by atoms with Crippen molar-refractivity contribution in [3.05, 3.63) is 47.5 Å². The smallest absolute Gasteiger partial charge is 0.203 e. The molecular weight excluding hydrogens is 316 g/mol. The Balaban J connectivity index is 2.26. The van der Waals surface area contributed by atoms with Crippen LogP contribution in [-0.4, -0.2) is 24.4 Å². The van der Waals surface area contributed by atoms with E-state index in [0.29, 0.717) is 17.1 Å². The van der Waals surface area contributed by atoms with Crippen LogP contribution in [0.1, 0.15) is 30.4 Å². The topological polar surface area (TPSA) is 58.9 Å². The molecule has 4 bridgehead atoms. The predicted molar refractivity (Wildman–Crippen MR) is 98.7 cm³/mol. The van der Waals surface area contributed by atoms with Gasteiger partial charge in [0.05, 0.1) is 14.2 Å². The third kappa shape index (κ3) is 3.43. The molecule has 4 heteroatoms. The van der Waals surface area contributed by atoms with Gasteiger partial charge in [0.15, 0.2) is 11.5 Å². The lowest BCUT2D eigenvalue weighted by atomic mass is 9.95. The average molecular weight is 340 g/mol. The molecule has 1 aliphatic rings. The van der Waals surface area contributed by atoms with E-state index in [0.717, 1.165) is 48.8 Å². The number of hydrogen-bond donors (Lipinski definition) is 2. The first kappa shape index (κ1) is 17.2. The van der Waals surface area contributed by atoms with Crippen LogP contribution in [0.15, 0.2) is 36.4 Å². The zero-order valence-electron chi connectivity index (χ0n) is 14.7. The van der Waals surface area contributed by atoms with Gasteiger partial charge in [-0.3, -0.25) is 0 Å². The summed E-state index contributed by atoms with van der Waals surface area (Å²) < 4.78 is 10.9. The summed E-state index contributed by atoms with van der Waals surface area (Å²) in [6.07, 6.45) is 8.97. The molecule has 0 spiro atoms. The third-order valence-electron chi connectivity index (χ3n) is 4.64. The van der Waals surface area contributed by atoms with Gasteiger partial charge >= 0.3 is 0 Å². The number of methoxy groups -OCH3 is 2. The molecule has 1 aliphatic carbocycles. The van der Waals surface area contributed by atoms with Gasteiger partial charge in [0.25, 0.3) is 0 Å². The van der Waals surface area contributed by atoms with E-state index in [1.807, 2.05) is 18.2 Å². The molecule has 2 aromatic carbocycles. The van der Waals surface area contributed by atoms with E-state index in [2.05, 4.69) is 12.2 Å². The first-order valence-corrected chi connectivity index (χ1v) is 8.59. The fourth-order valence-corrected chi connectivity index (χ4v) is 3.31. The highest BCUT2D eigenvalue weighted by Crippen LogP contribution is 2.48. The number of aryl methyl sites for hydroxylation is 1. The second-order valence-corrected chi connectivity index (χ2v) is 6.27. The van der Waals surface area contributed by atoms with Gasteiger partial charge in [-0.05, 0) is 61.4 Å². The molecule has 25 heavy (non-hydrogen) atoms. The Labute approximate surface area is 148 Å². The Hall–Kier alpha value is -2.62. The zero-order chi connectivity index (χ0) is 17.8. The fraction of sp³-hybridized carbons (Fsp3) is 0.333. The van der Waals surface area contributed by atoms with Crippen LogP contribution in [0.3, 0.4) is 0 Å². The molecule has 3 rings (SSSR count). The number of ether oxygens (including phenoxy) is 2. The van der Waals surface area contributed by atoms with Gasteiger partial charge in [-0.15, -0.1) is 0 Å². The number of fused-ring (bicyclic) bond motifs is 5. The van der Waals surface area contributed by atoms with Crippen LogP contribution in [-0.2, 0) is 12.8 Å². The fourth-order valence-electron chi connectivity index (χ4n) is 3.31. The molecule has 0 aromatic heterocycles. The van der Waals surface area contributed by atoms with Crippen LogP contribution in [0, 0.1) is 0 Å². The van der Waals surface area contributed by atoms with E-state index in [-0.39, 0.29) is 11.5 Å². The Kier molecular flexibility index (Phi) is 5.17. The molecule has 0 saturated carbocycles. The third-order valence-corrected chi connectivity index (χ3v) is 4.64. The number of aromatic hydroxyl groups is 2. The van der Waals surface area contributed by atoms with E-state index in [4.69, 9.17) is 9.47 Å². The van der Waals surface area contributed by atoms with Gasteiger partial charge < -0.3 is 19.7 Å². The first-order valence-electron chi connectivity index (χ1n) is 8.59. The summed E-state index contributed by atoms with van der Waals surface area (Å²) in [4.78, 5) is 0. The molecule has 0 fully saturated rings. The molecule has 132 valence electrons. The lowest BCUT2D eigenvalue weighted by Crippen LogP contribution is -1.98. The number of allylic oxidation sites excluding steroid dienone is 2. The van der Waals surface area contributed by atoms with E-state index in [1.54, 1.807) is 6.07 Å². The molecule has 2 N–H and O–H groups in total.